The highest BCUT2D eigenvalue weighted by molar-refractivity contribution is 7.91. The molecule has 1 N–H and O–H groups in total. The molecule has 3 unspecified atom stereocenters. The first kappa shape index (κ1) is 12.8. The fourth-order valence-electron chi connectivity index (χ4n) is 2.99. The number of amides is 1. The van der Waals surface area contributed by atoms with Gasteiger partial charge in [0.25, 0.3) is 0 Å². The van der Waals surface area contributed by atoms with Gasteiger partial charge in [-0.1, -0.05) is 0 Å². The molecule has 2 saturated heterocycles. The zero-order chi connectivity index (χ0) is 12.6. The molecule has 1 amide bonds. The lowest BCUT2D eigenvalue weighted by atomic mass is 10.0. The van der Waals surface area contributed by atoms with E-state index in [2.05, 4.69) is 5.32 Å². The molecule has 98 valence electrons. The molecule has 0 saturated carbocycles. The van der Waals surface area contributed by atoms with Crippen molar-refractivity contribution in [3.05, 3.63) is 0 Å². The van der Waals surface area contributed by atoms with E-state index in [-0.39, 0.29) is 29.5 Å². The molecule has 2 rings (SSSR count). The average molecular weight is 260 g/mol. The summed E-state index contributed by atoms with van der Waals surface area (Å²) in [5.74, 6) is 0.788. The molecule has 5 nitrogen and oxygen atoms in total. The van der Waals surface area contributed by atoms with Gasteiger partial charge in [0, 0.05) is 31.0 Å². The van der Waals surface area contributed by atoms with Crippen LogP contribution < -0.4 is 5.32 Å². The second-order valence-electron chi connectivity index (χ2n) is 5.12. The van der Waals surface area contributed by atoms with Gasteiger partial charge in [0.2, 0.25) is 5.91 Å². The van der Waals surface area contributed by atoms with Gasteiger partial charge in [0.15, 0.2) is 9.84 Å². The Labute approximate surface area is 102 Å². The van der Waals surface area contributed by atoms with Crippen molar-refractivity contribution in [2.75, 3.05) is 25.1 Å². The van der Waals surface area contributed by atoms with Crippen LogP contribution in [0.3, 0.4) is 0 Å². The second kappa shape index (κ2) is 4.57. The van der Waals surface area contributed by atoms with Gasteiger partial charge in [-0.3, -0.25) is 4.79 Å². The molecule has 2 aliphatic rings. The summed E-state index contributed by atoms with van der Waals surface area (Å²) in [7, 11) is -1.04. The van der Waals surface area contributed by atoms with Crippen LogP contribution in [-0.2, 0) is 14.6 Å². The Balaban J connectivity index is 2.09. The van der Waals surface area contributed by atoms with E-state index in [0.29, 0.717) is 18.8 Å². The Bertz CT molecular complexity index is 407. The zero-order valence-electron chi connectivity index (χ0n) is 10.3. The number of rotatable bonds is 3. The molecular formula is C11H20N2O3S. The highest BCUT2D eigenvalue weighted by Gasteiger charge is 2.43. The van der Waals surface area contributed by atoms with Crippen molar-refractivity contribution in [2.45, 2.75) is 31.8 Å². The Morgan fingerprint density at radius 2 is 2.18 bits per heavy atom. The minimum Gasteiger partial charge on any atom is -0.336 e. The number of hydrogen-bond donors (Lipinski definition) is 1. The molecule has 2 aliphatic heterocycles. The Kier molecular flexibility index (Phi) is 3.45. The lowest BCUT2D eigenvalue weighted by molar-refractivity contribution is -0.130. The van der Waals surface area contributed by atoms with Gasteiger partial charge in [0.1, 0.15) is 0 Å². The maximum Gasteiger partial charge on any atom is 0.223 e. The molecule has 17 heavy (non-hydrogen) atoms. The molecule has 2 heterocycles. The van der Waals surface area contributed by atoms with Crippen molar-refractivity contribution in [2.24, 2.45) is 5.92 Å². The first-order valence-electron chi connectivity index (χ1n) is 6.11. The molecule has 2 fully saturated rings. The number of nitrogens with zero attached hydrogens (tertiary/aromatic N) is 1. The summed E-state index contributed by atoms with van der Waals surface area (Å²) in [5.41, 5.74) is 0. The molecule has 0 aromatic rings. The van der Waals surface area contributed by atoms with Crippen LogP contribution in [0, 0.1) is 5.92 Å². The van der Waals surface area contributed by atoms with Crippen molar-refractivity contribution in [3.8, 4) is 0 Å². The van der Waals surface area contributed by atoms with Crippen molar-refractivity contribution >= 4 is 15.7 Å². The van der Waals surface area contributed by atoms with Crippen LogP contribution in [0.4, 0.5) is 0 Å². The van der Waals surface area contributed by atoms with Crippen molar-refractivity contribution in [1.82, 2.24) is 10.2 Å². The van der Waals surface area contributed by atoms with Crippen LogP contribution in [0.5, 0.6) is 0 Å². The number of likely N-dealkylation sites (tertiary alicyclic amines) is 1. The summed E-state index contributed by atoms with van der Waals surface area (Å²) < 4.78 is 22.9. The van der Waals surface area contributed by atoms with E-state index in [9.17, 15) is 13.2 Å². The topological polar surface area (TPSA) is 66.5 Å². The third-order valence-corrected chi connectivity index (χ3v) is 5.66. The number of nitrogens with one attached hydrogen (secondary N) is 1. The van der Waals surface area contributed by atoms with E-state index >= 15 is 0 Å². The largest absolute Gasteiger partial charge is 0.336 e. The third kappa shape index (κ3) is 2.47. The predicted molar refractivity (Wildman–Crippen MR) is 65.4 cm³/mol. The second-order valence-corrected chi connectivity index (χ2v) is 7.35. The number of carbonyl (C=O) groups excluding carboxylic acids is 1. The normalized spacial score (nSPS) is 36.7. The standard InChI is InChI=1S/C11H20N2O3S/c1-8-9(6-12-2)5-11(14)13(8)10-3-4-17(15,16)7-10/h8-10,12H,3-7H2,1-2H3. The Morgan fingerprint density at radius 1 is 1.47 bits per heavy atom. The van der Waals surface area contributed by atoms with E-state index in [1.165, 1.54) is 0 Å². The smallest absolute Gasteiger partial charge is 0.223 e. The van der Waals surface area contributed by atoms with Gasteiger partial charge < -0.3 is 10.2 Å². The summed E-state index contributed by atoms with van der Waals surface area (Å²) in [6.07, 6.45) is 1.14. The molecule has 0 bridgehead atoms. The summed E-state index contributed by atoms with van der Waals surface area (Å²) >= 11 is 0. The number of sulfone groups is 1. The maximum absolute atomic E-state index is 12.0. The van der Waals surface area contributed by atoms with Crippen LogP contribution >= 0.6 is 0 Å². The van der Waals surface area contributed by atoms with Crippen LogP contribution in [0.2, 0.25) is 0 Å². The van der Waals surface area contributed by atoms with Gasteiger partial charge in [-0.15, -0.1) is 0 Å². The zero-order valence-corrected chi connectivity index (χ0v) is 11.2. The molecule has 0 radical (unpaired) electrons. The van der Waals surface area contributed by atoms with E-state index in [4.69, 9.17) is 0 Å². The lowest BCUT2D eigenvalue weighted by Crippen LogP contribution is -2.43. The van der Waals surface area contributed by atoms with E-state index < -0.39 is 9.84 Å². The minimum atomic E-state index is -2.92. The van der Waals surface area contributed by atoms with Crippen LogP contribution in [0.25, 0.3) is 0 Å². The molecule has 0 aromatic heterocycles. The van der Waals surface area contributed by atoms with Gasteiger partial charge >= 0.3 is 0 Å². The lowest BCUT2D eigenvalue weighted by Gasteiger charge is -2.29. The first-order chi connectivity index (χ1) is 7.94. The fourth-order valence-corrected chi connectivity index (χ4v) is 4.70. The van der Waals surface area contributed by atoms with Crippen molar-refractivity contribution in [1.29, 1.82) is 0 Å². The van der Waals surface area contributed by atoms with E-state index in [1.54, 1.807) is 0 Å². The molecule has 0 spiro atoms. The molecule has 6 heteroatoms. The Morgan fingerprint density at radius 3 is 2.71 bits per heavy atom. The number of hydrogen-bond acceptors (Lipinski definition) is 4. The van der Waals surface area contributed by atoms with Crippen LogP contribution in [0.1, 0.15) is 19.8 Å². The summed E-state index contributed by atoms with van der Waals surface area (Å²) in [4.78, 5) is 13.8. The van der Waals surface area contributed by atoms with Crippen molar-refractivity contribution in [3.63, 3.8) is 0 Å². The van der Waals surface area contributed by atoms with Gasteiger partial charge in [-0.05, 0) is 20.4 Å². The fraction of sp³-hybridized carbons (Fsp3) is 0.909. The maximum atomic E-state index is 12.0. The summed E-state index contributed by atoms with van der Waals surface area (Å²) in [6, 6.07) is 0.0533. The summed E-state index contributed by atoms with van der Waals surface area (Å²) in [5, 5.41) is 3.09. The van der Waals surface area contributed by atoms with E-state index in [0.717, 1.165) is 6.54 Å². The van der Waals surface area contributed by atoms with E-state index in [1.807, 2.05) is 18.9 Å². The quantitative estimate of drug-likeness (QED) is 0.752. The number of carbonyl (C=O) groups is 1. The third-order valence-electron chi connectivity index (χ3n) is 3.91. The first-order valence-corrected chi connectivity index (χ1v) is 7.93. The molecular weight excluding hydrogens is 240 g/mol. The monoisotopic (exact) mass is 260 g/mol. The average Bonchev–Trinajstić information content (AvgIpc) is 2.69. The highest BCUT2D eigenvalue weighted by atomic mass is 32.2. The molecule has 3 atom stereocenters. The molecule has 0 aromatic carbocycles. The molecule has 0 aliphatic carbocycles. The van der Waals surface area contributed by atoms with Crippen molar-refractivity contribution < 1.29 is 13.2 Å². The summed E-state index contributed by atoms with van der Waals surface area (Å²) in [6.45, 7) is 2.83. The highest BCUT2D eigenvalue weighted by Crippen LogP contribution is 2.30. The Hall–Kier alpha value is -0.620. The predicted octanol–water partition coefficient (Wildman–Crippen LogP) is -0.370. The van der Waals surface area contributed by atoms with Gasteiger partial charge in [-0.2, -0.15) is 0 Å². The van der Waals surface area contributed by atoms with Crippen LogP contribution in [-0.4, -0.2) is 56.4 Å². The minimum absolute atomic E-state index is 0.0932. The SMILES string of the molecule is CNCC1CC(=O)N(C2CCS(=O)(=O)C2)C1C. The van der Waals surface area contributed by atoms with Gasteiger partial charge in [0.05, 0.1) is 11.5 Å². The van der Waals surface area contributed by atoms with Gasteiger partial charge in [-0.25, -0.2) is 8.42 Å². The van der Waals surface area contributed by atoms with Crippen LogP contribution in [0.15, 0.2) is 0 Å².